The van der Waals surface area contributed by atoms with Gasteiger partial charge in [0.05, 0.1) is 8.47 Å². The lowest BCUT2D eigenvalue weighted by molar-refractivity contribution is 0.471. The number of hydrogen-bond acceptors (Lipinski definition) is 3. The summed E-state index contributed by atoms with van der Waals surface area (Å²) in [5, 5.41) is 5.10. The van der Waals surface area contributed by atoms with Crippen LogP contribution in [0.25, 0.3) is 0 Å². The number of primary sulfonamides is 1. The Kier molecular flexibility index (Phi) is 4.36. The third-order valence-corrected chi connectivity index (χ3v) is 4.61. The first-order valence-electron chi connectivity index (χ1n) is 5.85. The zero-order chi connectivity index (χ0) is 14.9. The molecule has 0 spiro atoms. The van der Waals surface area contributed by atoms with Crippen molar-refractivity contribution in [1.82, 2.24) is 0 Å². The Morgan fingerprint density at radius 2 is 1.70 bits per heavy atom. The van der Waals surface area contributed by atoms with Crippen LogP contribution in [-0.4, -0.2) is 8.42 Å². The molecule has 0 unspecified atom stereocenters. The largest absolute Gasteiger partial charge is 0.456 e. The maximum Gasteiger partial charge on any atom is 0.238 e. The molecule has 0 fully saturated rings. The number of hydrogen-bond donors (Lipinski definition) is 1. The molecule has 2 aromatic carbocycles. The minimum atomic E-state index is -3.69. The zero-order valence-corrected chi connectivity index (χ0v) is 14.0. The second-order valence-corrected chi connectivity index (χ2v) is 7.18. The average molecular weight is 403 g/mol. The smallest absolute Gasteiger partial charge is 0.238 e. The first-order chi connectivity index (χ1) is 9.29. The minimum absolute atomic E-state index is 0.0794. The molecule has 0 aromatic heterocycles. The summed E-state index contributed by atoms with van der Waals surface area (Å²) in [7, 11) is -3.69. The van der Waals surface area contributed by atoms with Crippen molar-refractivity contribution in [2.45, 2.75) is 18.7 Å². The average Bonchev–Trinajstić information content (AvgIpc) is 2.34. The van der Waals surface area contributed by atoms with Gasteiger partial charge in [0.2, 0.25) is 10.0 Å². The molecule has 0 aliphatic rings. The lowest BCUT2D eigenvalue weighted by Gasteiger charge is -2.13. The van der Waals surface area contributed by atoms with Gasteiger partial charge in [0.15, 0.2) is 0 Å². The normalized spacial score (nSPS) is 11.4. The van der Waals surface area contributed by atoms with Gasteiger partial charge in [0.1, 0.15) is 11.5 Å². The van der Waals surface area contributed by atoms with Gasteiger partial charge < -0.3 is 4.74 Å². The SMILES string of the molecule is Cc1cccc(C)c1Oc1ccc(S(N)(=O)=O)cc1I. The summed E-state index contributed by atoms with van der Waals surface area (Å²) in [5.41, 5.74) is 2.05. The lowest BCUT2D eigenvalue weighted by Crippen LogP contribution is -2.12. The number of sulfonamides is 1. The van der Waals surface area contributed by atoms with E-state index in [1.807, 2.05) is 54.6 Å². The third-order valence-electron chi connectivity index (χ3n) is 2.85. The van der Waals surface area contributed by atoms with Crippen LogP contribution in [0.2, 0.25) is 0 Å². The topological polar surface area (TPSA) is 69.4 Å². The third kappa shape index (κ3) is 3.31. The summed E-state index contributed by atoms with van der Waals surface area (Å²) in [6.45, 7) is 3.93. The fourth-order valence-corrected chi connectivity index (χ4v) is 3.19. The summed E-state index contributed by atoms with van der Waals surface area (Å²) in [6.07, 6.45) is 0. The van der Waals surface area contributed by atoms with E-state index in [-0.39, 0.29) is 4.90 Å². The number of ether oxygens (including phenoxy) is 1. The molecule has 106 valence electrons. The maximum absolute atomic E-state index is 11.3. The minimum Gasteiger partial charge on any atom is -0.456 e. The Balaban J connectivity index is 2.41. The summed E-state index contributed by atoms with van der Waals surface area (Å²) >= 11 is 2.03. The van der Waals surface area contributed by atoms with Gasteiger partial charge in [0, 0.05) is 0 Å². The molecule has 6 heteroatoms. The molecule has 2 N–H and O–H groups in total. The van der Waals surface area contributed by atoms with E-state index in [1.165, 1.54) is 12.1 Å². The lowest BCUT2D eigenvalue weighted by atomic mass is 10.1. The van der Waals surface area contributed by atoms with Crippen LogP contribution in [0.4, 0.5) is 0 Å². The van der Waals surface area contributed by atoms with Gasteiger partial charge in [-0.3, -0.25) is 0 Å². The highest BCUT2D eigenvalue weighted by Crippen LogP contribution is 2.32. The number of nitrogens with two attached hydrogens (primary N) is 1. The fourth-order valence-electron chi connectivity index (χ4n) is 1.81. The van der Waals surface area contributed by atoms with E-state index in [9.17, 15) is 8.42 Å². The number of rotatable bonds is 3. The number of aryl methyl sites for hydroxylation is 2. The molecule has 0 heterocycles. The standard InChI is InChI=1S/C14H14INO3S/c1-9-4-3-5-10(2)14(9)19-13-7-6-11(8-12(13)15)20(16,17)18/h3-8H,1-2H3,(H2,16,17,18). The van der Waals surface area contributed by atoms with Crippen molar-refractivity contribution >= 4 is 32.6 Å². The van der Waals surface area contributed by atoms with Gasteiger partial charge in [-0.1, -0.05) is 18.2 Å². The summed E-state index contributed by atoms with van der Waals surface area (Å²) < 4.78 is 29.2. The second-order valence-electron chi connectivity index (χ2n) is 4.46. The van der Waals surface area contributed by atoms with Crippen molar-refractivity contribution in [2.75, 3.05) is 0 Å². The monoisotopic (exact) mass is 403 g/mol. The summed E-state index contributed by atoms with van der Waals surface area (Å²) in [6, 6.07) is 10.5. The van der Waals surface area contributed by atoms with Crippen LogP contribution in [0.15, 0.2) is 41.3 Å². The van der Waals surface area contributed by atoms with Crippen molar-refractivity contribution in [3.8, 4) is 11.5 Å². The molecular weight excluding hydrogens is 389 g/mol. The van der Waals surface area contributed by atoms with Crippen LogP contribution in [-0.2, 0) is 10.0 Å². The van der Waals surface area contributed by atoms with Gasteiger partial charge in [-0.2, -0.15) is 0 Å². The van der Waals surface area contributed by atoms with Crippen molar-refractivity contribution in [1.29, 1.82) is 0 Å². The van der Waals surface area contributed by atoms with Crippen LogP contribution in [0.5, 0.6) is 11.5 Å². The van der Waals surface area contributed by atoms with E-state index >= 15 is 0 Å². The molecule has 4 nitrogen and oxygen atoms in total. The molecule has 0 amide bonds. The molecule has 0 saturated heterocycles. The van der Waals surface area contributed by atoms with E-state index in [1.54, 1.807) is 6.07 Å². The Labute approximate surface area is 132 Å². The summed E-state index contributed by atoms with van der Waals surface area (Å²) in [5.74, 6) is 1.39. The van der Waals surface area contributed by atoms with Crippen LogP contribution < -0.4 is 9.88 Å². The quantitative estimate of drug-likeness (QED) is 0.800. The van der Waals surface area contributed by atoms with Crippen LogP contribution in [0.3, 0.4) is 0 Å². The second kappa shape index (κ2) is 5.71. The first-order valence-corrected chi connectivity index (χ1v) is 8.48. The van der Waals surface area contributed by atoms with Gasteiger partial charge in [-0.25, -0.2) is 13.6 Å². The number of para-hydroxylation sites is 1. The van der Waals surface area contributed by atoms with Crippen molar-refractivity contribution in [2.24, 2.45) is 5.14 Å². The van der Waals surface area contributed by atoms with Crippen LogP contribution in [0.1, 0.15) is 11.1 Å². The van der Waals surface area contributed by atoms with Crippen molar-refractivity contribution < 1.29 is 13.2 Å². The maximum atomic E-state index is 11.3. The highest BCUT2D eigenvalue weighted by atomic mass is 127. The Morgan fingerprint density at radius 3 is 2.20 bits per heavy atom. The fraction of sp³-hybridized carbons (Fsp3) is 0.143. The van der Waals surface area contributed by atoms with E-state index in [0.29, 0.717) is 9.32 Å². The van der Waals surface area contributed by atoms with Crippen molar-refractivity contribution in [3.63, 3.8) is 0 Å². The first kappa shape index (κ1) is 15.3. The van der Waals surface area contributed by atoms with Crippen LogP contribution >= 0.6 is 22.6 Å². The molecule has 2 rings (SSSR count). The molecule has 20 heavy (non-hydrogen) atoms. The van der Waals surface area contributed by atoms with E-state index in [0.717, 1.165) is 16.9 Å². The molecular formula is C14H14INO3S. The zero-order valence-electron chi connectivity index (χ0n) is 11.1. The van der Waals surface area contributed by atoms with Gasteiger partial charge in [-0.15, -0.1) is 0 Å². The summed E-state index contributed by atoms with van der Waals surface area (Å²) in [4.78, 5) is 0.0794. The molecule has 0 radical (unpaired) electrons. The van der Waals surface area contributed by atoms with E-state index in [2.05, 4.69) is 0 Å². The number of benzene rings is 2. The van der Waals surface area contributed by atoms with Gasteiger partial charge >= 0.3 is 0 Å². The van der Waals surface area contributed by atoms with Gasteiger partial charge in [-0.05, 0) is 65.8 Å². The Bertz CT molecular complexity index is 737. The highest BCUT2D eigenvalue weighted by Gasteiger charge is 2.12. The molecule has 0 saturated carbocycles. The predicted octanol–water partition coefficient (Wildman–Crippen LogP) is 3.35. The van der Waals surface area contributed by atoms with Crippen LogP contribution in [0, 0.1) is 17.4 Å². The van der Waals surface area contributed by atoms with E-state index in [4.69, 9.17) is 9.88 Å². The predicted molar refractivity (Wildman–Crippen MR) is 86.5 cm³/mol. The molecule has 0 bridgehead atoms. The van der Waals surface area contributed by atoms with Gasteiger partial charge in [0.25, 0.3) is 0 Å². The molecule has 0 aliphatic carbocycles. The molecule has 2 aromatic rings. The Hall–Kier alpha value is -1.12. The van der Waals surface area contributed by atoms with E-state index < -0.39 is 10.0 Å². The molecule has 0 aliphatic heterocycles. The highest BCUT2D eigenvalue weighted by molar-refractivity contribution is 14.1. The molecule has 0 atom stereocenters. The van der Waals surface area contributed by atoms with Crippen molar-refractivity contribution in [3.05, 3.63) is 51.1 Å². The Morgan fingerprint density at radius 1 is 1.10 bits per heavy atom. The number of halogens is 1.